The molecule has 0 aliphatic heterocycles. The van der Waals surface area contributed by atoms with Crippen LogP contribution in [0.3, 0.4) is 0 Å². The Morgan fingerprint density at radius 1 is 0.750 bits per heavy atom. The van der Waals surface area contributed by atoms with Gasteiger partial charge in [-0.05, 0) is 20.3 Å². The van der Waals surface area contributed by atoms with E-state index in [-0.39, 0.29) is 0 Å². The van der Waals surface area contributed by atoms with Crippen LogP contribution in [0.15, 0.2) is 0 Å². The highest BCUT2D eigenvalue weighted by Gasteiger charge is 2.26. The number of unbranched alkanes of at least 4 members (excludes halogenated alkanes) is 13. The standard InChI is InChI=1S/C21H44O3/c1-4-5-6-7-8-9-10-11-12-13-14-15-16-17-18-21(3,24-23)19-20(2)22/h20,22-23H,4-19H2,1-3H3/t20?,21-/m0/s1. The van der Waals surface area contributed by atoms with Crippen LogP contribution in [-0.4, -0.2) is 22.1 Å². The van der Waals surface area contributed by atoms with Crippen LogP contribution in [0.25, 0.3) is 0 Å². The molecule has 2 N–H and O–H groups in total. The highest BCUT2D eigenvalue weighted by atomic mass is 17.1. The van der Waals surface area contributed by atoms with Gasteiger partial charge in [-0.25, -0.2) is 4.89 Å². The van der Waals surface area contributed by atoms with Gasteiger partial charge >= 0.3 is 0 Å². The maximum atomic E-state index is 9.44. The molecule has 0 saturated heterocycles. The zero-order chi connectivity index (χ0) is 18.1. The third kappa shape index (κ3) is 15.4. The van der Waals surface area contributed by atoms with Crippen molar-refractivity contribution < 1.29 is 15.3 Å². The molecule has 0 aromatic rings. The lowest BCUT2D eigenvalue weighted by atomic mass is 9.92. The van der Waals surface area contributed by atoms with Gasteiger partial charge in [0.1, 0.15) is 5.60 Å². The van der Waals surface area contributed by atoms with Gasteiger partial charge in [-0.2, -0.15) is 0 Å². The lowest BCUT2D eigenvalue weighted by Gasteiger charge is -2.27. The molecule has 0 radical (unpaired) electrons. The molecule has 0 heterocycles. The van der Waals surface area contributed by atoms with Gasteiger partial charge in [-0.3, -0.25) is 5.26 Å². The first-order valence-corrected chi connectivity index (χ1v) is 10.5. The molecule has 3 nitrogen and oxygen atoms in total. The first kappa shape index (κ1) is 23.9. The molecule has 0 aromatic carbocycles. The molecule has 24 heavy (non-hydrogen) atoms. The van der Waals surface area contributed by atoms with Gasteiger partial charge in [-0.1, -0.05) is 96.8 Å². The summed E-state index contributed by atoms with van der Waals surface area (Å²) in [5, 5.41) is 18.5. The van der Waals surface area contributed by atoms with E-state index in [1.54, 1.807) is 6.92 Å². The molecule has 146 valence electrons. The summed E-state index contributed by atoms with van der Waals surface area (Å²) < 4.78 is 0. The molecule has 2 atom stereocenters. The largest absolute Gasteiger partial charge is 0.393 e. The number of rotatable bonds is 18. The van der Waals surface area contributed by atoms with Gasteiger partial charge in [0.25, 0.3) is 0 Å². The summed E-state index contributed by atoms with van der Waals surface area (Å²) in [6.45, 7) is 5.89. The predicted octanol–water partition coefficient (Wildman–Crippen LogP) is 6.88. The zero-order valence-corrected chi connectivity index (χ0v) is 16.7. The Hall–Kier alpha value is -0.120. The molecule has 0 saturated carbocycles. The summed E-state index contributed by atoms with van der Waals surface area (Å²) in [7, 11) is 0. The second kappa shape index (κ2) is 16.4. The highest BCUT2D eigenvalue weighted by Crippen LogP contribution is 2.24. The third-order valence-corrected chi connectivity index (χ3v) is 5.01. The fourth-order valence-corrected chi connectivity index (χ4v) is 3.50. The Morgan fingerprint density at radius 3 is 1.46 bits per heavy atom. The summed E-state index contributed by atoms with van der Waals surface area (Å²) in [4.78, 5) is 4.60. The van der Waals surface area contributed by atoms with Crippen LogP contribution in [0.1, 0.15) is 124 Å². The van der Waals surface area contributed by atoms with Crippen molar-refractivity contribution in [2.75, 3.05) is 0 Å². The van der Waals surface area contributed by atoms with Crippen molar-refractivity contribution in [1.82, 2.24) is 0 Å². The van der Waals surface area contributed by atoms with Crippen molar-refractivity contribution in [2.45, 2.75) is 135 Å². The number of aliphatic hydroxyl groups is 1. The Morgan fingerprint density at radius 2 is 1.12 bits per heavy atom. The minimum absolute atomic E-state index is 0.436. The fraction of sp³-hybridized carbons (Fsp3) is 1.00. The number of hydrogen-bond donors (Lipinski definition) is 2. The quantitative estimate of drug-likeness (QED) is 0.162. The van der Waals surface area contributed by atoms with Crippen molar-refractivity contribution in [1.29, 1.82) is 0 Å². The summed E-state index contributed by atoms with van der Waals surface area (Å²) in [6.07, 6.45) is 19.7. The van der Waals surface area contributed by atoms with E-state index in [9.17, 15) is 5.11 Å². The van der Waals surface area contributed by atoms with Gasteiger partial charge < -0.3 is 5.11 Å². The van der Waals surface area contributed by atoms with Crippen molar-refractivity contribution in [3.63, 3.8) is 0 Å². The normalized spacial score (nSPS) is 15.4. The molecule has 0 bridgehead atoms. The lowest BCUT2D eigenvalue weighted by molar-refractivity contribution is -0.325. The SMILES string of the molecule is CCCCCCCCCCCCCCCC[C@@](C)(CC(C)O)OO. The van der Waals surface area contributed by atoms with Crippen LogP contribution >= 0.6 is 0 Å². The van der Waals surface area contributed by atoms with Crippen molar-refractivity contribution in [2.24, 2.45) is 0 Å². The molecule has 0 rings (SSSR count). The summed E-state index contributed by atoms with van der Waals surface area (Å²) in [5.74, 6) is 0. The molecule has 3 heteroatoms. The summed E-state index contributed by atoms with van der Waals surface area (Å²) in [6, 6.07) is 0. The van der Waals surface area contributed by atoms with E-state index in [1.807, 2.05) is 6.92 Å². The fourth-order valence-electron chi connectivity index (χ4n) is 3.50. The Balaban J connectivity index is 3.30. The maximum Gasteiger partial charge on any atom is 0.103 e. The molecule has 0 aliphatic rings. The van der Waals surface area contributed by atoms with Gasteiger partial charge in [0.15, 0.2) is 0 Å². The lowest BCUT2D eigenvalue weighted by Crippen LogP contribution is -2.31. The third-order valence-electron chi connectivity index (χ3n) is 5.01. The van der Waals surface area contributed by atoms with Crippen LogP contribution in [-0.2, 0) is 4.89 Å². The minimum Gasteiger partial charge on any atom is -0.393 e. The van der Waals surface area contributed by atoms with Crippen molar-refractivity contribution >= 4 is 0 Å². The average molecular weight is 345 g/mol. The van der Waals surface area contributed by atoms with Gasteiger partial charge in [0.05, 0.1) is 6.10 Å². The van der Waals surface area contributed by atoms with Crippen LogP contribution in [0.4, 0.5) is 0 Å². The molecule has 1 unspecified atom stereocenters. The van der Waals surface area contributed by atoms with Crippen LogP contribution in [0.2, 0.25) is 0 Å². The Kier molecular flexibility index (Phi) is 16.3. The topological polar surface area (TPSA) is 49.7 Å². The van der Waals surface area contributed by atoms with E-state index >= 15 is 0 Å². The minimum atomic E-state index is -0.592. The van der Waals surface area contributed by atoms with Crippen molar-refractivity contribution in [3.8, 4) is 0 Å². The van der Waals surface area contributed by atoms with Crippen LogP contribution in [0.5, 0.6) is 0 Å². The first-order valence-electron chi connectivity index (χ1n) is 10.5. The van der Waals surface area contributed by atoms with Crippen LogP contribution in [0, 0.1) is 0 Å². The number of aliphatic hydroxyl groups excluding tert-OH is 1. The predicted molar refractivity (Wildman–Crippen MR) is 103 cm³/mol. The Labute approximate surface area is 151 Å². The van der Waals surface area contributed by atoms with Crippen molar-refractivity contribution in [3.05, 3.63) is 0 Å². The van der Waals surface area contributed by atoms with E-state index in [2.05, 4.69) is 11.8 Å². The zero-order valence-electron chi connectivity index (χ0n) is 16.7. The van der Waals surface area contributed by atoms with E-state index in [4.69, 9.17) is 5.26 Å². The van der Waals surface area contributed by atoms with Gasteiger partial charge in [0.2, 0.25) is 0 Å². The van der Waals surface area contributed by atoms with Gasteiger partial charge in [0, 0.05) is 6.42 Å². The van der Waals surface area contributed by atoms with E-state index in [0.717, 1.165) is 12.8 Å². The van der Waals surface area contributed by atoms with E-state index in [1.165, 1.54) is 83.5 Å². The molecule has 0 spiro atoms. The molecular formula is C21H44O3. The molecule has 0 fully saturated rings. The summed E-state index contributed by atoms with van der Waals surface area (Å²) in [5.41, 5.74) is -0.592. The smallest absolute Gasteiger partial charge is 0.103 e. The Bertz CT molecular complexity index is 255. The monoisotopic (exact) mass is 344 g/mol. The van der Waals surface area contributed by atoms with Gasteiger partial charge in [-0.15, -0.1) is 0 Å². The number of hydrogen-bond acceptors (Lipinski definition) is 3. The van der Waals surface area contributed by atoms with Crippen LogP contribution < -0.4 is 0 Å². The van der Waals surface area contributed by atoms with E-state index < -0.39 is 11.7 Å². The molecule has 0 aromatic heterocycles. The maximum absolute atomic E-state index is 9.44. The second-order valence-corrected chi connectivity index (χ2v) is 7.94. The second-order valence-electron chi connectivity index (χ2n) is 7.94. The van der Waals surface area contributed by atoms with E-state index in [0.29, 0.717) is 6.42 Å². The first-order chi connectivity index (χ1) is 11.5. The molecular weight excluding hydrogens is 300 g/mol. The average Bonchev–Trinajstić information content (AvgIpc) is 2.54. The molecule has 0 amide bonds. The molecule has 0 aliphatic carbocycles. The summed E-state index contributed by atoms with van der Waals surface area (Å²) >= 11 is 0. The highest BCUT2D eigenvalue weighted by molar-refractivity contribution is 4.76.